The molecule has 1 saturated heterocycles. The van der Waals surface area contributed by atoms with Crippen molar-refractivity contribution in [1.29, 1.82) is 0 Å². The zero-order chi connectivity index (χ0) is 39.9. The van der Waals surface area contributed by atoms with Crippen LogP contribution in [-0.2, 0) is 9.47 Å². The van der Waals surface area contributed by atoms with Crippen molar-refractivity contribution in [1.82, 2.24) is 4.90 Å². The topological polar surface area (TPSA) is 24.9 Å². The van der Waals surface area contributed by atoms with E-state index in [1.807, 2.05) is 0 Å². The highest BCUT2D eigenvalue weighted by atomic mass is 16.5. The average Bonchev–Trinajstić information content (AvgIpc) is 3.85. The summed E-state index contributed by atoms with van der Waals surface area (Å²) in [6, 6.07) is 18.7. The summed E-state index contributed by atoms with van der Waals surface area (Å²) in [6.45, 7) is 4.69. The quantitative estimate of drug-likeness (QED) is 0.272. The van der Waals surface area contributed by atoms with E-state index < -0.39 is 0 Å². The van der Waals surface area contributed by atoms with Crippen LogP contribution < -0.4 is 4.90 Å². The third-order valence-corrected chi connectivity index (χ3v) is 15.6. The van der Waals surface area contributed by atoms with Crippen molar-refractivity contribution in [3.8, 4) is 0 Å². The number of benzene rings is 2. The minimum Gasteiger partial charge on any atom is -0.493 e. The lowest BCUT2D eigenvalue weighted by atomic mass is 9.67. The number of allylic oxidation sites excluding steroid dienone is 13. The Kier molecular flexibility index (Phi) is 9.24. The van der Waals surface area contributed by atoms with Gasteiger partial charge < -0.3 is 19.3 Å². The largest absolute Gasteiger partial charge is 0.493 e. The Morgan fingerprint density at radius 2 is 1.48 bits per heavy atom. The van der Waals surface area contributed by atoms with E-state index in [-0.39, 0.29) is 11.8 Å². The molecule has 8 aliphatic carbocycles. The summed E-state index contributed by atoms with van der Waals surface area (Å²) >= 11 is 0. The minimum absolute atomic E-state index is 0.232. The van der Waals surface area contributed by atoms with Crippen LogP contribution in [0.4, 0.5) is 5.69 Å². The SMILES string of the molecule is Cc1cccc(N(C2=CC3=C(CC2)OC2CCC=CC32)C2=CC3c4ccccc4C(N(C4=CC5C(CC4)OC4CCC=CC45)C4=CCCC(C)C4)=CC3C3=CCCC=C32)c1. The Hall–Kier alpha value is -4.80. The van der Waals surface area contributed by atoms with Crippen LogP contribution in [0.15, 0.2) is 161 Å². The molecule has 2 aromatic carbocycles. The van der Waals surface area contributed by atoms with E-state index in [0.717, 1.165) is 77.0 Å². The number of anilines is 1. The van der Waals surface area contributed by atoms with Gasteiger partial charge in [-0.2, -0.15) is 0 Å². The molecule has 2 aliphatic heterocycles. The molecule has 0 bridgehead atoms. The van der Waals surface area contributed by atoms with E-state index in [9.17, 15) is 0 Å². The Morgan fingerprint density at radius 1 is 0.633 bits per heavy atom. The van der Waals surface area contributed by atoms with Crippen molar-refractivity contribution >= 4 is 11.4 Å². The maximum atomic E-state index is 6.76. The molecule has 0 saturated carbocycles. The second-order valence-corrected chi connectivity index (χ2v) is 19.5. The molecule has 0 amide bonds. The van der Waals surface area contributed by atoms with Gasteiger partial charge in [0.25, 0.3) is 0 Å². The molecular weight excluding hydrogens is 733 g/mol. The summed E-state index contributed by atoms with van der Waals surface area (Å²) in [7, 11) is 0. The minimum atomic E-state index is 0.232. The van der Waals surface area contributed by atoms with Gasteiger partial charge >= 0.3 is 0 Å². The van der Waals surface area contributed by atoms with Crippen LogP contribution in [0.3, 0.4) is 0 Å². The first-order valence-corrected chi connectivity index (χ1v) is 23.7. The fourth-order valence-corrected chi connectivity index (χ4v) is 12.9. The molecule has 0 N–H and O–H groups in total. The highest BCUT2D eigenvalue weighted by molar-refractivity contribution is 5.78. The smallest absolute Gasteiger partial charge is 0.109 e. The van der Waals surface area contributed by atoms with Crippen molar-refractivity contribution in [2.45, 2.75) is 122 Å². The van der Waals surface area contributed by atoms with Gasteiger partial charge in [0, 0.05) is 81.3 Å². The molecule has 0 aromatic heterocycles. The fraction of sp³-hybridized carbons (Fsp3) is 0.429. The number of aryl methyl sites for hydroxylation is 1. The number of fused-ring (bicyclic) bond motifs is 10. The van der Waals surface area contributed by atoms with Crippen LogP contribution in [0.25, 0.3) is 5.70 Å². The maximum absolute atomic E-state index is 6.76. The fourth-order valence-electron chi connectivity index (χ4n) is 12.9. The molecule has 9 atom stereocenters. The zero-order valence-electron chi connectivity index (χ0n) is 35.6. The molecule has 1 fully saturated rings. The van der Waals surface area contributed by atoms with Gasteiger partial charge in [-0.05, 0) is 130 Å². The third kappa shape index (κ3) is 6.18. The lowest BCUT2D eigenvalue weighted by Gasteiger charge is -2.45. The van der Waals surface area contributed by atoms with Gasteiger partial charge in [0.05, 0.1) is 12.2 Å². The molecule has 0 spiro atoms. The molecule has 10 aliphatic rings. The van der Waals surface area contributed by atoms with Crippen molar-refractivity contribution in [3.63, 3.8) is 0 Å². The Morgan fingerprint density at radius 3 is 2.40 bits per heavy atom. The van der Waals surface area contributed by atoms with Crippen molar-refractivity contribution in [2.75, 3.05) is 4.90 Å². The Balaban J connectivity index is 1.000. The van der Waals surface area contributed by atoms with Crippen LogP contribution >= 0.6 is 0 Å². The first-order valence-electron chi connectivity index (χ1n) is 23.7. The van der Waals surface area contributed by atoms with E-state index in [1.165, 1.54) is 79.8 Å². The van der Waals surface area contributed by atoms with E-state index in [2.05, 4.69) is 139 Å². The van der Waals surface area contributed by atoms with Crippen molar-refractivity contribution in [3.05, 3.63) is 177 Å². The van der Waals surface area contributed by atoms with Gasteiger partial charge in [-0.15, -0.1) is 0 Å². The predicted molar refractivity (Wildman–Crippen MR) is 243 cm³/mol. The number of rotatable bonds is 6. The second-order valence-electron chi connectivity index (χ2n) is 19.5. The van der Waals surface area contributed by atoms with E-state index in [1.54, 1.807) is 0 Å². The Labute approximate surface area is 357 Å². The standard InChI is InChI=1S/C56H60N2O2/c1-35-13-11-15-37(29-35)57(39-25-27-55-49(31-39)45-21-7-9-23-53(45)59-55)51-33-47-42-18-4-6-20-44(42)52(34-48(47)41-17-3-5-19-43(41)51)58(38-16-12-14-36(2)30-38)40-26-28-56-50(32-40)46-22-8-10-24-54(46)60-56/h3,5,7-8,12,14-22,30-35,45-49,53-55H,4,6,9-11,13,23-29H2,1-2H3. The maximum Gasteiger partial charge on any atom is 0.109 e. The summed E-state index contributed by atoms with van der Waals surface area (Å²) in [5.74, 6) is 3.71. The van der Waals surface area contributed by atoms with Crippen LogP contribution in [0, 0.1) is 36.5 Å². The van der Waals surface area contributed by atoms with Gasteiger partial charge in [-0.25, -0.2) is 0 Å². The molecule has 60 heavy (non-hydrogen) atoms. The average molecular weight is 793 g/mol. The van der Waals surface area contributed by atoms with Gasteiger partial charge in [-0.1, -0.05) is 104 Å². The van der Waals surface area contributed by atoms with E-state index in [0.29, 0.717) is 42.0 Å². The Bertz CT molecular complexity index is 2430. The molecule has 4 nitrogen and oxygen atoms in total. The van der Waals surface area contributed by atoms with E-state index in [4.69, 9.17) is 9.47 Å². The van der Waals surface area contributed by atoms with Gasteiger partial charge in [0.1, 0.15) is 11.9 Å². The van der Waals surface area contributed by atoms with Crippen LogP contribution in [0.5, 0.6) is 0 Å². The van der Waals surface area contributed by atoms with E-state index >= 15 is 0 Å². The number of hydrogen-bond acceptors (Lipinski definition) is 4. The molecule has 4 heteroatoms. The molecule has 12 rings (SSSR count). The summed E-state index contributed by atoms with van der Waals surface area (Å²) in [5.41, 5.74) is 16.9. The van der Waals surface area contributed by atoms with Crippen LogP contribution in [-0.4, -0.2) is 23.2 Å². The lowest BCUT2D eigenvalue weighted by molar-refractivity contribution is 0.0222. The molecule has 2 aromatic rings. The third-order valence-electron chi connectivity index (χ3n) is 15.6. The molecule has 9 unspecified atom stereocenters. The second kappa shape index (κ2) is 15.0. The molecule has 2 heterocycles. The van der Waals surface area contributed by atoms with Crippen LogP contribution in [0.1, 0.15) is 113 Å². The summed E-state index contributed by atoms with van der Waals surface area (Å²) in [5, 5.41) is 0. The highest BCUT2D eigenvalue weighted by Gasteiger charge is 2.46. The monoisotopic (exact) mass is 792 g/mol. The highest BCUT2D eigenvalue weighted by Crippen LogP contribution is 2.55. The van der Waals surface area contributed by atoms with Gasteiger partial charge in [0.15, 0.2) is 0 Å². The molecule has 0 radical (unpaired) electrons. The first kappa shape index (κ1) is 37.0. The molecular formula is C56H60N2O2. The number of hydrogen-bond donors (Lipinski definition) is 0. The first-order chi connectivity index (χ1) is 29.6. The van der Waals surface area contributed by atoms with Gasteiger partial charge in [-0.3, -0.25) is 0 Å². The predicted octanol–water partition coefficient (Wildman–Crippen LogP) is 13.4. The zero-order valence-corrected chi connectivity index (χ0v) is 35.6. The summed E-state index contributed by atoms with van der Waals surface area (Å²) in [4.78, 5) is 5.43. The number of nitrogens with zero attached hydrogens (tertiary/aromatic N) is 2. The van der Waals surface area contributed by atoms with Crippen LogP contribution in [0.2, 0.25) is 0 Å². The lowest BCUT2D eigenvalue weighted by Crippen LogP contribution is -2.35. The van der Waals surface area contributed by atoms with Gasteiger partial charge in [0.2, 0.25) is 0 Å². The normalized spacial score (nSPS) is 33.4. The van der Waals surface area contributed by atoms with Crippen molar-refractivity contribution in [2.24, 2.45) is 29.6 Å². The summed E-state index contributed by atoms with van der Waals surface area (Å²) < 4.78 is 13.4. The number of ether oxygens (including phenoxy) is 2. The van der Waals surface area contributed by atoms with Crippen molar-refractivity contribution < 1.29 is 9.47 Å². The molecule has 306 valence electrons. The summed E-state index contributed by atoms with van der Waals surface area (Å²) in [6.07, 6.45) is 43.4.